The Bertz CT molecular complexity index is 876. The molecule has 6 nitrogen and oxygen atoms in total. The molecule has 0 spiro atoms. The largest absolute Gasteiger partial charge is 0.403 e. The van der Waals surface area contributed by atoms with Crippen LogP contribution in [0.3, 0.4) is 0 Å². The second-order valence-corrected chi connectivity index (χ2v) is 6.46. The van der Waals surface area contributed by atoms with Crippen LogP contribution in [0.25, 0.3) is 11.2 Å². The maximum atomic E-state index is 13.6. The average molecular weight is 385 g/mol. The molecule has 150 valence electrons. The van der Waals surface area contributed by atoms with Crippen LogP contribution in [-0.4, -0.2) is 31.9 Å². The fourth-order valence-corrected chi connectivity index (χ4v) is 3.19. The lowest BCUT2D eigenvalue weighted by Gasteiger charge is -2.23. The summed E-state index contributed by atoms with van der Waals surface area (Å²) >= 11 is 0. The van der Waals surface area contributed by atoms with Crippen LogP contribution in [0.4, 0.5) is 4.39 Å². The van der Waals surface area contributed by atoms with Crippen LogP contribution in [0, 0.1) is 0 Å². The number of pyridine rings is 1. The molecule has 2 heterocycles. The lowest BCUT2D eigenvalue weighted by molar-refractivity contribution is 0.362. The summed E-state index contributed by atoms with van der Waals surface area (Å²) in [7, 11) is 0. The summed E-state index contributed by atoms with van der Waals surface area (Å²) in [6, 6.07) is 4.14. The molecule has 0 aromatic carbocycles. The molecule has 2 aromatic heterocycles. The third-order valence-corrected chi connectivity index (χ3v) is 4.43. The number of hydrogen-bond donors (Lipinski definition) is 1. The smallest absolute Gasteiger partial charge is 0.212 e. The number of fused-ring (bicyclic) bond motifs is 1. The van der Waals surface area contributed by atoms with Crippen LogP contribution >= 0.6 is 0 Å². The minimum Gasteiger partial charge on any atom is -0.403 e. The quantitative estimate of drug-likeness (QED) is 0.613. The molecule has 0 atom stereocenters. The molecule has 0 fully saturated rings. The first-order chi connectivity index (χ1) is 13.5. The number of rotatable bonds is 10. The summed E-state index contributed by atoms with van der Waals surface area (Å²) < 4.78 is 15.8. The zero-order chi connectivity index (χ0) is 20.5. The third kappa shape index (κ3) is 5.28. The summed E-state index contributed by atoms with van der Waals surface area (Å²) in [5, 5.41) is 0. The van der Waals surface area contributed by atoms with Gasteiger partial charge < -0.3 is 15.2 Å². The molecule has 0 aliphatic carbocycles. The molecule has 0 radical (unpaired) electrons. The monoisotopic (exact) mass is 384 g/mol. The van der Waals surface area contributed by atoms with Gasteiger partial charge in [-0.25, -0.2) is 15.0 Å². The molecule has 7 heteroatoms. The molecule has 0 aliphatic heterocycles. The van der Waals surface area contributed by atoms with E-state index in [1.807, 2.05) is 17.0 Å². The first-order valence-corrected chi connectivity index (χ1v) is 9.52. The van der Waals surface area contributed by atoms with Crippen LogP contribution < -0.4 is 5.73 Å². The van der Waals surface area contributed by atoms with Crippen molar-refractivity contribution < 1.29 is 4.39 Å². The Hall–Kier alpha value is -2.96. The van der Waals surface area contributed by atoms with Crippen molar-refractivity contribution in [2.75, 3.05) is 6.54 Å². The van der Waals surface area contributed by atoms with Gasteiger partial charge in [0.25, 0.3) is 0 Å². The minimum atomic E-state index is -0.572. The van der Waals surface area contributed by atoms with E-state index in [1.165, 1.54) is 12.3 Å². The summed E-state index contributed by atoms with van der Waals surface area (Å²) in [6.07, 6.45) is 9.81. The van der Waals surface area contributed by atoms with Gasteiger partial charge in [-0.3, -0.25) is 0 Å². The normalized spacial score (nSPS) is 12.7. The number of hydrogen-bond acceptors (Lipinski definition) is 5. The summed E-state index contributed by atoms with van der Waals surface area (Å²) in [5.41, 5.74) is 7.75. The molecule has 0 saturated carbocycles. The molecule has 0 aliphatic rings. The van der Waals surface area contributed by atoms with Crippen molar-refractivity contribution in [3.05, 3.63) is 61.0 Å². The highest BCUT2D eigenvalue weighted by atomic mass is 19.1. The van der Waals surface area contributed by atoms with Gasteiger partial charge >= 0.3 is 0 Å². The van der Waals surface area contributed by atoms with Gasteiger partial charge in [0.15, 0.2) is 5.65 Å². The van der Waals surface area contributed by atoms with Crippen molar-refractivity contribution in [2.45, 2.75) is 46.2 Å². The van der Waals surface area contributed by atoms with E-state index in [0.29, 0.717) is 24.8 Å². The van der Waals surface area contributed by atoms with Gasteiger partial charge in [-0.15, -0.1) is 0 Å². The van der Waals surface area contributed by atoms with Crippen LogP contribution in [0.5, 0.6) is 0 Å². The first-order valence-electron chi connectivity index (χ1n) is 9.52. The molecular weight excluding hydrogens is 355 g/mol. The highest BCUT2D eigenvalue weighted by molar-refractivity contribution is 5.87. The van der Waals surface area contributed by atoms with E-state index >= 15 is 0 Å². The van der Waals surface area contributed by atoms with Crippen LogP contribution in [0.15, 0.2) is 60.1 Å². The first kappa shape index (κ1) is 21.3. The lowest BCUT2D eigenvalue weighted by atomic mass is 10.1. The van der Waals surface area contributed by atoms with Gasteiger partial charge in [0.1, 0.15) is 11.3 Å². The Balaban J connectivity index is 2.34. The second-order valence-electron chi connectivity index (χ2n) is 6.46. The predicted octanol–water partition coefficient (Wildman–Crippen LogP) is 4.48. The topological polar surface area (TPSA) is 72.3 Å². The van der Waals surface area contributed by atoms with Gasteiger partial charge in [-0.2, -0.15) is 4.39 Å². The lowest BCUT2D eigenvalue weighted by Crippen LogP contribution is -2.23. The summed E-state index contributed by atoms with van der Waals surface area (Å²) in [4.78, 5) is 15.1. The van der Waals surface area contributed by atoms with E-state index in [0.717, 1.165) is 29.8 Å². The Kier molecular flexibility index (Phi) is 7.92. The zero-order valence-corrected chi connectivity index (χ0v) is 16.8. The van der Waals surface area contributed by atoms with Gasteiger partial charge in [-0.1, -0.05) is 26.5 Å². The molecule has 2 rings (SSSR count). The molecule has 0 saturated heterocycles. The van der Waals surface area contributed by atoms with Crippen molar-refractivity contribution in [3.63, 3.8) is 0 Å². The maximum Gasteiger partial charge on any atom is 0.212 e. The molecule has 0 bridgehead atoms. The zero-order valence-electron chi connectivity index (χ0n) is 16.8. The Morgan fingerprint density at radius 3 is 2.82 bits per heavy atom. The number of allylic oxidation sites excluding steroid dienone is 2. The maximum absolute atomic E-state index is 13.6. The van der Waals surface area contributed by atoms with Crippen molar-refractivity contribution in [3.8, 4) is 0 Å². The fourth-order valence-electron chi connectivity index (χ4n) is 3.19. The number of aromatic nitrogens is 3. The number of nitrogens with two attached hydrogens (primary N) is 1. The SMILES string of the molecule is C=C(CN(/C=C\N)Cc1nc2cccnc2n1C(CC)CC)N=C(F)/C=C\C. The molecule has 0 amide bonds. The highest BCUT2D eigenvalue weighted by Crippen LogP contribution is 2.25. The van der Waals surface area contributed by atoms with Crippen molar-refractivity contribution >= 4 is 17.1 Å². The van der Waals surface area contributed by atoms with Crippen LogP contribution in [0.1, 0.15) is 45.5 Å². The van der Waals surface area contributed by atoms with Crippen molar-refractivity contribution in [1.82, 2.24) is 19.4 Å². The van der Waals surface area contributed by atoms with E-state index in [1.54, 1.807) is 25.4 Å². The summed E-state index contributed by atoms with van der Waals surface area (Å²) in [6.45, 7) is 10.7. The Morgan fingerprint density at radius 1 is 1.43 bits per heavy atom. The molecular formula is C21H29FN6. The number of nitrogens with zero attached hydrogens (tertiary/aromatic N) is 5. The van der Waals surface area contributed by atoms with Crippen molar-refractivity contribution in [2.24, 2.45) is 10.7 Å². The van der Waals surface area contributed by atoms with E-state index in [-0.39, 0.29) is 0 Å². The number of halogens is 1. The summed E-state index contributed by atoms with van der Waals surface area (Å²) in [5.74, 6) is 0.309. The molecule has 2 aromatic rings. The third-order valence-electron chi connectivity index (χ3n) is 4.43. The predicted molar refractivity (Wildman–Crippen MR) is 113 cm³/mol. The fraction of sp³-hybridized carbons (Fsp3) is 0.381. The van der Waals surface area contributed by atoms with Gasteiger partial charge in [-0.05, 0) is 38.0 Å². The second kappa shape index (κ2) is 10.4. The molecule has 28 heavy (non-hydrogen) atoms. The Morgan fingerprint density at radius 2 is 2.18 bits per heavy atom. The molecule has 2 N–H and O–H groups in total. The van der Waals surface area contributed by atoms with E-state index in [2.05, 4.69) is 35.0 Å². The van der Waals surface area contributed by atoms with Gasteiger partial charge in [0, 0.05) is 24.6 Å². The van der Waals surface area contributed by atoms with Crippen LogP contribution in [-0.2, 0) is 6.54 Å². The standard InChI is InChI=1S/C21H29FN6/c1-5-9-19(22)25-16(4)14-27(13-11-23)15-20-26-18-10-8-12-24-21(18)28(20)17(6-2)7-3/h5,8-13,17H,4,6-7,14-15,23H2,1-3H3/b9-5-,13-11-,25-19?. The van der Waals surface area contributed by atoms with Crippen LogP contribution in [0.2, 0.25) is 0 Å². The Labute approximate surface area is 166 Å². The average Bonchev–Trinajstić information content (AvgIpc) is 3.01. The van der Waals surface area contributed by atoms with Crippen molar-refractivity contribution in [1.29, 1.82) is 0 Å². The van der Waals surface area contributed by atoms with Gasteiger partial charge in [0.2, 0.25) is 5.97 Å². The highest BCUT2D eigenvalue weighted by Gasteiger charge is 2.19. The number of imidazole rings is 1. The van der Waals surface area contributed by atoms with E-state index in [9.17, 15) is 4.39 Å². The molecule has 0 unspecified atom stereocenters. The van der Waals surface area contributed by atoms with E-state index < -0.39 is 5.97 Å². The van der Waals surface area contributed by atoms with Gasteiger partial charge in [0.05, 0.1) is 18.8 Å². The minimum absolute atomic E-state index is 0.298. The number of aliphatic imine (C=N–C) groups is 1. The van der Waals surface area contributed by atoms with E-state index in [4.69, 9.17) is 10.7 Å².